The van der Waals surface area contributed by atoms with Crippen LogP contribution in [-0.4, -0.2) is 32.2 Å². The molecule has 0 saturated heterocycles. The van der Waals surface area contributed by atoms with Gasteiger partial charge in [0.05, 0.1) is 40.8 Å². The highest BCUT2D eigenvalue weighted by Gasteiger charge is 2.24. The fourth-order valence-corrected chi connectivity index (χ4v) is 2.97. The molecule has 0 spiro atoms. The zero-order valence-electron chi connectivity index (χ0n) is 16.0. The lowest BCUT2D eigenvalue weighted by atomic mass is 10.0. The first-order valence-electron chi connectivity index (χ1n) is 9.37. The standard InChI is InChI=1S/C20H16F3N7O/c21-16-7-11(1-4-14(16)19(31)25-6-5-24)17-15(18(22)23)9-26-20(29-17)28-12-8-27-30(10-12)13-2-3-13/h1,4,7-10,13,18H,2-3,6H2,(H,25,31)(H,26,28,29). The minimum atomic E-state index is -2.89. The number of hydrogen-bond acceptors (Lipinski definition) is 6. The molecule has 0 aliphatic heterocycles. The molecular weight excluding hydrogens is 411 g/mol. The smallest absolute Gasteiger partial charge is 0.267 e. The highest BCUT2D eigenvalue weighted by Crippen LogP contribution is 2.35. The Morgan fingerprint density at radius 2 is 2.13 bits per heavy atom. The molecule has 3 aromatic rings. The number of amides is 1. The quantitative estimate of drug-likeness (QED) is 0.556. The van der Waals surface area contributed by atoms with E-state index >= 15 is 0 Å². The van der Waals surface area contributed by atoms with Gasteiger partial charge in [-0.05, 0) is 25.0 Å². The van der Waals surface area contributed by atoms with Gasteiger partial charge in [-0.1, -0.05) is 6.07 Å². The number of rotatable bonds is 7. The number of nitrogens with zero attached hydrogens (tertiary/aromatic N) is 5. The first-order valence-corrected chi connectivity index (χ1v) is 9.37. The van der Waals surface area contributed by atoms with Gasteiger partial charge in [-0.3, -0.25) is 9.48 Å². The number of hydrogen-bond donors (Lipinski definition) is 2. The van der Waals surface area contributed by atoms with Crippen LogP contribution in [0, 0.1) is 17.1 Å². The molecule has 1 saturated carbocycles. The van der Waals surface area contributed by atoms with Crippen molar-refractivity contribution in [2.24, 2.45) is 0 Å². The van der Waals surface area contributed by atoms with Gasteiger partial charge >= 0.3 is 0 Å². The van der Waals surface area contributed by atoms with Gasteiger partial charge in [-0.25, -0.2) is 23.1 Å². The largest absolute Gasteiger partial charge is 0.339 e. The van der Waals surface area contributed by atoms with Crippen LogP contribution in [0.25, 0.3) is 11.3 Å². The van der Waals surface area contributed by atoms with E-state index in [4.69, 9.17) is 5.26 Å². The summed E-state index contributed by atoms with van der Waals surface area (Å²) >= 11 is 0. The van der Waals surface area contributed by atoms with Crippen molar-refractivity contribution in [2.45, 2.75) is 25.3 Å². The van der Waals surface area contributed by atoms with Crippen molar-refractivity contribution in [2.75, 3.05) is 11.9 Å². The Morgan fingerprint density at radius 3 is 2.81 bits per heavy atom. The summed E-state index contributed by atoms with van der Waals surface area (Å²) in [4.78, 5) is 20.0. The Bertz CT molecular complexity index is 1170. The van der Waals surface area contributed by atoms with Crippen LogP contribution in [0.3, 0.4) is 0 Å². The third-order valence-corrected chi connectivity index (χ3v) is 4.65. The van der Waals surface area contributed by atoms with E-state index in [1.165, 1.54) is 6.07 Å². The minimum Gasteiger partial charge on any atom is -0.339 e. The molecule has 1 aromatic carbocycles. The molecule has 1 aliphatic carbocycles. The predicted molar refractivity (Wildman–Crippen MR) is 104 cm³/mol. The third kappa shape index (κ3) is 4.48. The van der Waals surface area contributed by atoms with Crippen molar-refractivity contribution >= 4 is 17.5 Å². The predicted octanol–water partition coefficient (Wildman–Crippen LogP) is 3.75. The average Bonchev–Trinajstić information content (AvgIpc) is 3.51. The minimum absolute atomic E-state index is 0.0472. The van der Waals surface area contributed by atoms with Crippen LogP contribution in [-0.2, 0) is 0 Å². The molecule has 0 radical (unpaired) electrons. The monoisotopic (exact) mass is 427 g/mol. The first kappa shape index (κ1) is 20.3. The van der Waals surface area contributed by atoms with Crippen molar-refractivity contribution in [3.8, 4) is 17.3 Å². The van der Waals surface area contributed by atoms with Gasteiger partial charge in [-0.15, -0.1) is 0 Å². The van der Waals surface area contributed by atoms with Crippen LogP contribution < -0.4 is 10.6 Å². The molecule has 1 amide bonds. The maximum absolute atomic E-state index is 14.5. The van der Waals surface area contributed by atoms with Gasteiger partial charge < -0.3 is 10.6 Å². The number of carbonyl (C=O) groups excluding carboxylic acids is 1. The Kier molecular flexibility index (Phi) is 5.53. The summed E-state index contributed by atoms with van der Waals surface area (Å²) in [6, 6.07) is 5.51. The highest BCUT2D eigenvalue weighted by atomic mass is 19.3. The van der Waals surface area contributed by atoms with Crippen molar-refractivity contribution < 1.29 is 18.0 Å². The van der Waals surface area contributed by atoms with Gasteiger partial charge in [0.1, 0.15) is 12.4 Å². The third-order valence-electron chi connectivity index (χ3n) is 4.65. The summed E-state index contributed by atoms with van der Waals surface area (Å²) in [5, 5.41) is 17.9. The van der Waals surface area contributed by atoms with E-state index in [-0.39, 0.29) is 29.3 Å². The Balaban J connectivity index is 1.64. The maximum Gasteiger partial charge on any atom is 0.267 e. The summed E-state index contributed by atoms with van der Waals surface area (Å²) in [5.41, 5.74) is -0.287. The van der Waals surface area contributed by atoms with Crippen LogP contribution in [0.4, 0.5) is 24.8 Å². The SMILES string of the molecule is N#CCNC(=O)c1ccc(-c2nc(Nc3cnn(C4CC4)c3)ncc2C(F)F)cc1F. The van der Waals surface area contributed by atoms with Gasteiger partial charge in [0.15, 0.2) is 0 Å². The second-order valence-electron chi connectivity index (χ2n) is 6.90. The van der Waals surface area contributed by atoms with Crippen molar-refractivity contribution in [3.63, 3.8) is 0 Å². The fraction of sp³-hybridized carbons (Fsp3) is 0.250. The molecule has 2 N–H and O–H groups in total. The van der Waals surface area contributed by atoms with Crippen LogP contribution in [0.5, 0.6) is 0 Å². The Labute approximate surface area is 174 Å². The second-order valence-corrected chi connectivity index (χ2v) is 6.90. The number of nitriles is 1. The molecule has 1 fully saturated rings. The van der Waals surface area contributed by atoms with E-state index in [9.17, 15) is 18.0 Å². The molecule has 0 unspecified atom stereocenters. The lowest BCUT2D eigenvalue weighted by Crippen LogP contribution is -2.24. The second kappa shape index (κ2) is 8.43. The number of halogens is 3. The van der Waals surface area contributed by atoms with E-state index in [2.05, 4.69) is 25.7 Å². The van der Waals surface area contributed by atoms with E-state index in [0.717, 1.165) is 31.2 Å². The zero-order valence-corrected chi connectivity index (χ0v) is 16.0. The molecule has 11 heteroatoms. The molecule has 0 bridgehead atoms. The van der Waals surface area contributed by atoms with E-state index in [1.807, 2.05) is 4.68 Å². The molecule has 1 aliphatic rings. The van der Waals surface area contributed by atoms with Gasteiger partial charge in [0.2, 0.25) is 5.95 Å². The molecule has 2 aromatic heterocycles. The van der Waals surface area contributed by atoms with E-state index < -0.39 is 23.7 Å². The van der Waals surface area contributed by atoms with Crippen LogP contribution in [0.1, 0.15) is 41.2 Å². The summed E-state index contributed by atoms with van der Waals surface area (Å²) in [7, 11) is 0. The molecule has 2 heterocycles. The van der Waals surface area contributed by atoms with Gasteiger partial charge in [0, 0.05) is 18.0 Å². The summed E-state index contributed by atoms with van der Waals surface area (Å²) in [6.07, 6.45) is 3.56. The van der Waals surface area contributed by atoms with Gasteiger partial charge in [-0.2, -0.15) is 10.4 Å². The topological polar surface area (TPSA) is 109 Å². The number of anilines is 2. The first-order chi connectivity index (χ1) is 15.0. The normalized spacial score (nSPS) is 13.1. The summed E-state index contributed by atoms with van der Waals surface area (Å²) < 4.78 is 43.3. The molecule has 4 rings (SSSR count). The summed E-state index contributed by atoms with van der Waals surface area (Å²) in [5.74, 6) is -1.66. The molecule has 8 nitrogen and oxygen atoms in total. The number of alkyl halides is 2. The van der Waals surface area contributed by atoms with Crippen molar-refractivity contribution in [1.29, 1.82) is 5.26 Å². The average molecular weight is 427 g/mol. The number of aromatic nitrogens is 4. The maximum atomic E-state index is 14.5. The molecule has 0 atom stereocenters. The highest BCUT2D eigenvalue weighted by molar-refractivity contribution is 5.95. The van der Waals surface area contributed by atoms with Crippen LogP contribution in [0.15, 0.2) is 36.8 Å². The fourth-order valence-electron chi connectivity index (χ4n) is 2.97. The number of benzene rings is 1. The molecule has 31 heavy (non-hydrogen) atoms. The van der Waals surface area contributed by atoms with Crippen molar-refractivity contribution in [1.82, 2.24) is 25.1 Å². The van der Waals surface area contributed by atoms with Gasteiger partial charge in [0.25, 0.3) is 12.3 Å². The number of nitrogens with one attached hydrogen (secondary N) is 2. The van der Waals surface area contributed by atoms with Crippen LogP contribution >= 0.6 is 0 Å². The van der Waals surface area contributed by atoms with E-state index in [0.29, 0.717) is 11.7 Å². The lowest BCUT2D eigenvalue weighted by Gasteiger charge is -2.11. The van der Waals surface area contributed by atoms with Crippen molar-refractivity contribution in [3.05, 3.63) is 53.7 Å². The Hall–Kier alpha value is -3.94. The Morgan fingerprint density at radius 1 is 1.32 bits per heavy atom. The molecular formula is C20H16F3N7O. The lowest BCUT2D eigenvalue weighted by molar-refractivity contribution is 0.0954. The van der Waals surface area contributed by atoms with E-state index in [1.54, 1.807) is 18.5 Å². The number of carbonyl (C=O) groups is 1. The molecule has 158 valence electrons. The van der Waals surface area contributed by atoms with Crippen LogP contribution in [0.2, 0.25) is 0 Å². The summed E-state index contributed by atoms with van der Waals surface area (Å²) in [6.45, 7) is -0.284. The zero-order chi connectivity index (χ0) is 22.0.